The fraction of sp³-hybridized carbons (Fsp3) is 0.486. The molecule has 44 heavy (non-hydrogen) atoms. The van der Waals surface area contributed by atoms with E-state index in [-0.39, 0.29) is 43.5 Å². The molecule has 0 aliphatic carbocycles. The number of nitrogens with zero attached hydrogens (tertiary/aromatic N) is 3. The molecule has 0 aliphatic rings. The normalized spacial score (nSPS) is 12.1. The van der Waals surface area contributed by atoms with Crippen LogP contribution in [-0.2, 0) is 24.9 Å². The fourth-order valence-corrected chi connectivity index (χ4v) is 9.23. The molecule has 5 aromatic rings. The Morgan fingerprint density at radius 1 is 0.932 bits per heavy atom. The minimum Gasteiger partial charge on any atom is -0.512 e. The Labute approximate surface area is 287 Å². The number of hydrogen-bond donors (Lipinski definition) is 1. The van der Waals surface area contributed by atoms with Crippen molar-refractivity contribution in [1.29, 1.82) is 0 Å². The molecule has 4 heterocycles. The van der Waals surface area contributed by atoms with Crippen molar-refractivity contribution in [3.8, 4) is 11.3 Å². The topological polar surface area (TPSA) is 76.0 Å². The van der Waals surface area contributed by atoms with Crippen LogP contribution in [0, 0.1) is 45.6 Å². The maximum atomic E-state index is 11.7. The van der Waals surface area contributed by atoms with Gasteiger partial charge in [0.2, 0.25) is 0 Å². The van der Waals surface area contributed by atoms with Crippen molar-refractivity contribution in [3.63, 3.8) is 0 Å². The third-order valence-electron chi connectivity index (χ3n) is 8.41. The Morgan fingerprint density at radius 3 is 2.16 bits per heavy atom. The van der Waals surface area contributed by atoms with E-state index >= 15 is 0 Å². The van der Waals surface area contributed by atoms with E-state index in [0.29, 0.717) is 5.92 Å². The molecule has 0 saturated carbocycles. The minimum absolute atomic E-state index is 0. The second kappa shape index (κ2) is 15.5. The maximum absolute atomic E-state index is 11.7. The number of carbonyl (C=O) groups excluding carboxylic acids is 1. The zero-order chi connectivity index (χ0) is 31.6. The summed E-state index contributed by atoms with van der Waals surface area (Å²) in [7, 11) is 0. The summed E-state index contributed by atoms with van der Waals surface area (Å²) in [6.07, 6.45) is 4.91. The van der Waals surface area contributed by atoms with Crippen LogP contribution in [0.2, 0.25) is 0 Å². The van der Waals surface area contributed by atoms with Crippen LogP contribution in [0.25, 0.3) is 41.0 Å². The standard InChI is InChI=1S/C22H20N3S3.C13H24O2.Ir/c1-9(2)15-7-14(20-21-19(11(4)24-25-20)23-13(6)27-21)8-16-18(15)17-10(3)12(5)26-22(17)28-16;1-5-10(6-2)12(14)9-13(15)11(7-3)8-4;/h7,9H,1-6H3;9-11,14H,5-8H2,1-4H3;/q-1;;/b;12-9-;. The molecule has 1 radical (unpaired) electrons. The first kappa shape index (κ1) is 36.4. The molecule has 0 amide bonds. The van der Waals surface area contributed by atoms with Gasteiger partial charge in [0.1, 0.15) is 0 Å². The summed E-state index contributed by atoms with van der Waals surface area (Å²) in [6.45, 7) is 21.1. The Balaban J connectivity index is 0.000000286. The predicted molar refractivity (Wildman–Crippen MR) is 187 cm³/mol. The molecule has 0 aliphatic heterocycles. The van der Waals surface area contributed by atoms with E-state index in [1.807, 2.05) is 64.2 Å². The van der Waals surface area contributed by atoms with E-state index in [1.54, 1.807) is 11.3 Å². The summed E-state index contributed by atoms with van der Waals surface area (Å²) in [6, 6.07) is 5.96. The SMILES string of the molecule is CCC(CC)C(=O)/C=C(\O)C(CC)CC.Cc1nc2c(C)nnc(-c3[c-]c4sc5sc(C)c(C)c5c4c(C(C)C)c3)c2s1.[Ir]. The van der Waals surface area contributed by atoms with Gasteiger partial charge in [-0.2, -0.15) is 10.2 Å². The van der Waals surface area contributed by atoms with E-state index in [1.165, 1.54) is 41.6 Å². The number of hydrogen-bond acceptors (Lipinski definition) is 8. The summed E-state index contributed by atoms with van der Waals surface area (Å²) >= 11 is 5.44. The molecule has 0 saturated heterocycles. The minimum atomic E-state index is 0. The van der Waals surface area contributed by atoms with E-state index in [9.17, 15) is 9.90 Å². The van der Waals surface area contributed by atoms with E-state index in [0.717, 1.165) is 57.9 Å². The van der Waals surface area contributed by atoms with Gasteiger partial charge in [-0.1, -0.05) is 46.9 Å². The van der Waals surface area contributed by atoms with Crippen LogP contribution in [0.4, 0.5) is 0 Å². The van der Waals surface area contributed by atoms with Gasteiger partial charge < -0.3 is 5.11 Å². The number of thiophene rings is 2. The van der Waals surface area contributed by atoms with E-state index in [2.05, 4.69) is 55.0 Å². The first-order valence-electron chi connectivity index (χ1n) is 15.4. The monoisotopic (exact) mass is 827 g/mol. The molecular formula is C35H44IrN3O2S3-. The maximum Gasteiger partial charge on any atom is 0.162 e. The summed E-state index contributed by atoms with van der Waals surface area (Å²) in [5.74, 6) is 0.969. The molecule has 1 aromatic carbocycles. The summed E-state index contributed by atoms with van der Waals surface area (Å²) in [5.41, 5.74) is 6.56. The van der Waals surface area contributed by atoms with Gasteiger partial charge in [0.25, 0.3) is 0 Å². The smallest absolute Gasteiger partial charge is 0.162 e. The van der Waals surface area contributed by atoms with Crippen molar-refractivity contribution in [1.82, 2.24) is 15.2 Å². The molecule has 0 spiro atoms. The quantitative estimate of drug-likeness (QED) is 0.0910. The number of allylic oxidation sites excluding steroid dienone is 2. The molecule has 5 nitrogen and oxygen atoms in total. The second-order valence-corrected chi connectivity index (χ2v) is 15.3. The van der Waals surface area contributed by atoms with Gasteiger partial charge in [0, 0.05) is 53.3 Å². The number of ketones is 1. The van der Waals surface area contributed by atoms with Crippen LogP contribution < -0.4 is 0 Å². The summed E-state index contributed by atoms with van der Waals surface area (Å²) < 4.78 is 3.73. The van der Waals surface area contributed by atoms with Crippen molar-refractivity contribution < 1.29 is 30.0 Å². The van der Waals surface area contributed by atoms with Crippen LogP contribution in [0.3, 0.4) is 0 Å². The van der Waals surface area contributed by atoms with Gasteiger partial charge in [0.05, 0.1) is 26.0 Å². The summed E-state index contributed by atoms with van der Waals surface area (Å²) in [4.78, 5) is 17.8. The number of rotatable bonds is 9. The second-order valence-electron chi connectivity index (χ2n) is 11.6. The number of carbonyl (C=O) groups is 1. The average Bonchev–Trinajstić information content (AvgIpc) is 3.61. The fourth-order valence-electron chi connectivity index (χ4n) is 5.55. The molecule has 0 atom stereocenters. The first-order chi connectivity index (χ1) is 20.4. The van der Waals surface area contributed by atoms with Crippen LogP contribution in [0.15, 0.2) is 17.9 Å². The molecule has 0 fully saturated rings. The van der Waals surface area contributed by atoms with Crippen LogP contribution in [0.5, 0.6) is 0 Å². The number of aliphatic hydroxyl groups excluding tert-OH is 1. The van der Waals surface area contributed by atoms with Gasteiger partial charge in [-0.15, -0.1) is 57.3 Å². The number of benzene rings is 1. The number of aryl methyl sites for hydroxylation is 4. The zero-order valence-corrected chi connectivity index (χ0v) is 32.3. The van der Waals surface area contributed by atoms with E-state index < -0.39 is 0 Å². The molecule has 9 heteroatoms. The van der Waals surface area contributed by atoms with Crippen molar-refractivity contribution in [2.24, 2.45) is 11.8 Å². The number of aliphatic hydroxyl groups is 1. The zero-order valence-electron chi connectivity index (χ0n) is 27.5. The van der Waals surface area contributed by atoms with Crippen molar-refractivity contribution in [2.75, 3.05) is 0 Å². The average molecular weight is 827 g/mol. The third kappa shape index (κ3) is 7.33. The van der Waals surface area contributed by atoms with Gasteiger partial charge >= 0.3 is 0 Å². The van der Waals surface area contributed by atoms with Crippen LogP contribution in [0.1, 0.15) is 99.8 Å². The Hall–Kier alpha value is -2.03. The van der Waals surface area contributed by atoms with Crippen molar-refractivity contribution >= 4 is 69.5 Å². The Bertz CT molecular complexity index is 1790. The molecule has 1 N–H and O–H groups in total. The number of thiazole rings is 1. The molecule has 0 unspecified atom stereocenters. The van der Waals surface area contributed by atoms with Crippen LogP contribution >= 0.6 is 34.0 Å². The van der Waals surface area contributed by atoms with Gasteiger partial charge in [-0.3, -0.25) is 4.79 Å². The largest absolute Gasteiger partial charge is 0.512 e. The Kier molecular flexibility index (Phi) is 12.8. The van der Waals surface area contributed by atoms with Gasteiger partial charge in [-0.25, -0.2) is 4.98 Å². The van der Waals surface area contributed by atoms with Gasteiger partial charge in [0.15, 0.2) is 5.78 Å². The predicted octanol–water partition coefficient (Wildman–Crippen LogP) is 11.2. The molecule has 4 aromatic heterocycles. The number of aromatic nitrogens is 3. The van der Waals surface area contributed by atoms with E-state index in [4.69, 9.17) is 0 Å². The molecule has 5 rings (SSSR count). The van der Waals surface area contributed by atoms with Gasteiger partial charge in [-0.05, 0) is 74.9 Å². The third-order valence-corrected chi connectivity index (χ3v) is 11.8. The van der Waals surface area contributed by atoms with Crippen molar-refractivity contribution in [2.45, 2.75) is 101 Å². The molecular weight excluding hydrogens is 783 g/mol. The Morgan fingerprint density at radius 2 is 1.57 bits per heavy atom. The first-order valence-corrected chi connectivity index (χ1v) is 17.8. The van der Waals surface area contributed by atoms with Crippen molar-refractivity contribution in [3.05, 3.63) is 50.7 Å². The van der Waals surface area contributed by atoms with Crippen LogP contribution in [-0.4, -0.2) is 26.1 Å². The molecule has 0 bridgehead atoms. The number of fused-ring (bicyclic) bond motifs is 4. The molecule has 239 valence electrons. The summed E-state index contributed by atoms with van der Waals surface area (Å²) in [5, 5.41) is 22.6.